The molecule has 1 atom stereocenters. The first-order valence-electron chi connectivity index (χ1n) is 10.1. The van der Waals surface area contributed by atoms with Gasteiger partial charge in [-0.3, -0.25) is 9.10 Å². The van der Waals surface area contributed by atoms with Gasteiger partial charge in [0, 0.05) is 5.39 Å². The van der Waals surface area contributed by atoms with Gasteiger partial charge in [0.1, 0.15) is 6.54 Å². The second kappa shape index (κ2) is 9.30. The molecule has 3 rings (SSSR count). The number of amides is 1. The molecule has 0 radical (unpaired) electrons. The second-order valence-corrected chi connectivity index (χ2v) is 9.84. The van der Waals surface area contributed by atoms with E-state index in [-0.39, 0.29) is 18.5 Å². The fourth-order valence-electron chi connectivity index (χ4n) is 3.61. The summed E-state index contributed by atoms with van der Waals surface area (Å²) >= 11 is 0. The molecule has 0 fully saturated rings. The monoisotopic (exact) mass is 424 g/mol. The highest BCUT2D eigenvalue weighted by Crippen LogP contribution is 2.28. The largest absolute Gasteiger partial charge is 0.348 e. The average molecular weight is 425 g/mol. The summed E-state index contributed by atoms with van der Waals surface area (Å²) in [7, 11) is -3.66. The van der Waals surface area contributed by atoms with Crippen molar-refractivity contribution >= 4 is 32.4 Å². The zero-order chi connectivity index (χ0) is 21.7. The van der Waals surface area contributed by atoms with Crippen molar-refractivity contribution in [3.63, 3.8) is 0 Å². The Balaban J connectivity index is 1.89. The molecule has 0 spiro atoms. The van der Waals surface area contributed by atoms with Crippen molar-refractivity contribution in [1.82, 2.24) is 5.32 Å². The molecule has 0 heterocycles. The third-order valence-corrected chi connectivity index (χ3v) is 6.09. The van der Waals surface area contributed by atoms with E-state index in [0.29, 0.717) is 11.6 Å². The van der Waals surface area contributed by atoms with Gasteiger partial charge in [0.2, 0.25) is 15.9 Å². The molecule has 1 N–H and O–H groups in total. The number of anilines is 1. The summed E-state index contributed by atoms with van der Waals surface area (Å²) < 4.78 is 26.4. The number of nitrogens with one attached hydrogen (secondary N) is 1. The lowest BCUT2D eigenvalue weighted by Crippen LogP contribution is -2.42. The number of rotatable bonds is 8. The van der Waals surface area contributed by atoms with Crippen LogP contribution in [0.5, 0.6) is 0 Å². The lowest BCUT2D eigenvalue weighted by Gasteiger charge is -2.26. The van der Waals surface area contributed by atoms with Crippen LogP contribution in [0.3, 0.4) is 0 Å². The SMILES string of the molecule is CC(C)C[C@@H](NC(=O)CN(c1cccc2ccccc12)S(C)(=O)=O)c1ccccc1. The highest BCUT2D eigenvalue weighted by molar-refractivity contribution is 7.92. The molecule has 0 saturated heterocycles. The van der Waals surface area contributed by atoms with Gasteiger partial charge in [-0.25, -0.2) is 8.42 Å². The normalized spacial score (nSPS) is 12.7. The Kier molecular flexibility index (Phi) is 6.77. The third-order valence-electron chi connectivity index (χ3n) is 4.97. The van der Waals surface area contributed by atoms with Crippen LogP contribution in [0.15, 0.2) is 72.8 Å². The minimum absolute atomic E-state index is 0.173. The highest BCUT2D eigenvalue weighted by atomic mass is 32.2. The van der Waals surface area contributed by atoms with E-state index < -0.39 is 10.0 Å². The van der Waals surface area contributed by atoms with Gasteiger partial charge in [0.15, 0.2) is 0 Å². The summed E-state index contributed by atoms with van der Waals surface area (Å²) in [6.07, 6.45) is 1.90. The molecule has 158 valence electrons. The van der Waals surface area contributed by atoms with Gasteiger partial charge < -0.3 is 5.32 Å². The van der Waals surface area contributed by atoms with Gasteiger partial charge in [0.25, 0.3) is 0 Å². The van der Waals surface area contributed by atoms with Crippen LogP contribution in [0, 0.1) is 5.92 Å². The second-order valence-electron chi connectivity index (χ2n) is 7.93. The smallest absolute Gasteiger partial charge is 0.241 e. The van der Waals surface area contributed by atoms with Gasteiger partial charge in [-0.2, -0.15) is 0 Å². The van der Waals surface area contributed by atoms with E-state index in [1.165, 1.54) is 4.31 Å². The van der Waals surface area contributed by atoms with E-state index in [9.17, 15) is 13.2 Å². The summed E-state index contributed by atoms with van der Waals surface area (Å²) in [5, 5.41) is 4.75. The molecule has 0 bridgehead atoms. The number of carbonyl (C=O) groups is 1. The Bertz CT molecular complexity index is 1110. The highest BCUT2D eigenvalue weighted by Gasteiger charge is 2.24. The quantitative estimate of drug-likeness (QED) is 0.579. The summed E-state index contributed by atoms with van der Waals surface area (Å²) in [6, 6.07) is 22.6. The standard InChI is InChI=1S/C24H28N2O3S/c1-18(2)16-22(20-11-5-4-6-12-20)25-24(27)17-26(30(3,28)29)23-15-9-13-19-10-7-8-14-21(19)23/h4-15,18,22H,16-17H2,1-3H3,(H,25,27)/t22-/m1/s1. The number of sulfonamides is 1. The topological polar surface area (TPSA) is 66.5 Å². The molecule has 0 aliphatic heterocycles. The average Bonchev–Trinajstić information content (AvgIpc) is 2.71. The number of benzene rings is 3. The first kappa shape index (κ1) is 21.8. The lowest BCUT2D eigenvalue weighted by molar-refractivity contribution is -0.120. The summed E-state index contributed by atoms with van der Waals surface area (Å²) in [4.78, 5) is 13.0. The summed E-state index contributed by atoms with van der Waals surface area (Å²) in [6.45, 7) is 3.93. The maximum Gasteiger partial charge on any atom is 0.241 e. The van der Waals surface area contributed by atoms with Crippen LogP contribution in [0.25, 0.3) is 10.8 Å². The number of fused-ring (bicyclic) bond motifs is 1. The van der Waals surface area contributed by atoms with Gasteiger partial charge >= 0.3 is 0 Å². The summed E-state index contributed by atoms with van der Waals surface area (Å²) in [5.41, 5.74) is 1.52. The van der Waals surface area contributed by atoms with Crippen molar-refractivity contribution in [2.45, 2.75) is 26.3 Å². The minimum atomic E-state index is -3.66. The van der Waals surface area contributed by atoms with Crippen LogP contribution in [0.2, 0.25) is 0 Å². The van der Waals surface area contributed by atoms with E-state index in [0.717, 1.165) is 29.0 Å². The molecule has 0 saturated carbocycles. The maximum atomic E-state index is 13.0. The molecule has 0 aliphatic carbocycles. The molecule has 30 heavy (non-hydrogen) atoms. The van der Waals surface area contributed by atoms with Gasteiger partial charge in [0.05, 0.1) is 18.0 Å². The van der Waals surface area contributed by atoms with E-state index in [1.54, 1.807) is 12.1 Å². The van der Waals surface area contributed by atoms with Gasteiger partial charge in [-0.05, 0) is 29.4 Å². The van der Waals surface area contributed by atoms with Crippen LogP contribution in [-0.2, 0) is 14.8 Å². The molecule has 1 amide bonds. The predicted octanol–water partition coefficient (Wildman–Crippen LogP) is 4.51. The third kappa shape index (κ3) is 5.39. The van der Waals surface area contributed by atoms with Gasteiger partial charge in [-0.1, -0.05) is 80.6 Å². The van der Waals surface area contributed by atoms with Crippen LogP contribution >= 0.6 is 0 Å². The van der Waals surface area contributed by atoms with Crippen molar-refractivity contribution < 1.29 is 13.2 Å². The Morgan fingerprint density at radius 2 is 1.57 bits per heavy atom. The van der Waals surface area contributed by atoms with Crippen molar-refractivity contribution in [3.8, 4) is 0 Å². The van der Waals surface area contributed by atoms with Crippen molar-refractivity contribution in [3.05, 3.63) is 78.4 Å². The zero-order valence-corrected chi connectivity index (χ0v) is 18.4. The molecule has 6 heteroatoms. The molecule has 0 aliphatic rings. The molecular formula is C24H28N2O3S. The lowest BCUT2D eigenvalue weighted by atomic mass is 9.97. The number of hydrogen-bond donors (Lipinski definition) is 1. The Labute approximate surface area is 178 Å². The van der Waals surface area contributed by atoms with Crippen molar-refractivity contribution in [2.24, 2.45) is 5.92 Å². The first-order chi connectivity index (χ1) is 14.3. The predicted molar refractivity (Wildman–Crippen MR) is 123 cm³/mol. The van der Waals surface area contributed by atoms with Gasteiger partial charge in [-0.15, -0.1) is 0 Å². The maximum absolute atomic E-state index is 13.0. The molecular weight excluding hydrogens is 396 g/mol. The molecule has 0 unspecified atom stereocenters. The molecule has 3 aromatic rings. The Hall–Kier alpha value is -2.86. The first-order valence-corrected chi connectivity index (χ1v) is 11.9. The van der Waals surface area contributed by atoms with Crippen molar-refractivity contribution in [1.29, 1.82) is 0 Å². The van der Waals surface area contributed by atoms with E-state index in [4.69, 9.17) is 0 Å². The molecule has 3 aromatic carbocycles. The molecule has 5 nitrogen and oxygen atoms in total. The number of hydrogen-bond acceptors (Lipinski definition) is 3. The van der Waals surface area contributed by atoms with E-state index in [1.807, 2.05) is 60.7 Å². The fraction of sp³-hybridized carbons (Fsp3) is 0.292. The van der Waals surface area contributed by atoms with Crippen LogP contribution in [-0.4, -0.2) is 27.1 Å². The summed E-state index contributed by atoms with van der Waals surface area (Å²) in [5.74, 6) is 0.0439. The number of nitrogens with zero attached hydrogens (tertiary/aromatic N) is 1. The Morgan fingerprint density at radius 3 is 2.23 bits per heavy atom. The minimum Gasteiger partial charge on any atom is -0.348 e. The molecule has 0 aromatic heterocycles. The van der Waals surface area contributed by atoms with Crippen molar-refractivity contribution in [2.75, 3.05) is 17.1 Å². The van der Waals surface area contributed by atoms with Crippen LogP contribution in [0.1, 0.15) is 31.9 Å². The number of carbonyl (C=O) groups excluding carboxylic acids is 1. The van der Waals surface area contributed by atoms with E-state index in [2.05, 4.69) is 19.2 Å². The van der Waals surface area contributed by atoms with E-state index >= 15 is 0 Å². The Morgan fingerprint density at radius 1 is 0.933 bits per heavy atom. The fourth-order valence-corrected chi connectivity index (χ4v) is 4.48. The zero-order valence-electron chi connectivity index (χ0n) is 17.6. The van der Waals surface area contributed by atoms with Crippen LogP contribution < -0.4 is 9.62 Å². The van der Waals surface area contributed by atoms with Crippen LogP contribution in [0.4, 0.5) is 5.69 Å².